The van der Waals surface area contributed by atoms with E-state index in [0.29, 0.717) is 34.3 Å². The highest BCUT2D eigenvalue weighted by Gasteiger charge is 2.28. The van der Waals surface area contributed by atoms with Crippen molar-refractivity contribution in [3.05, 3.63) is 46.1 Å². The molecule has 0 saturated heterocycles. The van der Waals surface area contributed by atoms with Gasteiger partial charge in [-0.15, -0.1) is 0 Å². The average molecular weight is 277 g/mol. The van der Waals surface area contributed by atoms with Crippen molar-refractivity contribution in [1.82, 2.24) is 0 Å². The lowest BCUT2D eigenvalue weighted by atomic mass is 9.84. The summed E-state index contributed by atoms with van der Waals surface area (Å²) in [6.45, 7) is 2.03. The van der Waals surface area contributed by atoms with E-state index in [1.165, 1.54) is 0 Å². The van der Waals surface area contributed by atoms with Gasteiger partial charge in [0.25, 0.3) is 0 Å². The molecule has 0 heterocycles. The average Bonchev–Trinajstić information content (AvgIpc) is 2.34. The van der Waals surface area contributed by atoms with Crippen LogP contribution in [0.3, 0.4) is 0 Å². The van der Waals surface area contributed by atoms with E-state index in [1.54, 1.807) is 13.1 Å². The zero-order chi connectivity index (χ0) is 14.0. The Labute approximate surface area is 118 Å². The molecule has 0 amide bonds. The van der Waals surface area contributed by atoms with E-state index in [9.17, 15) is 4.79 Å². The van der Waals surface area contributed by atoms with Crippen molar-refractivity contribution in [2.75, 3.05) is 7.05 Å². The van der Waals surface area contributed by atoms with Gasteiger partial charge in [-0.2, -0.15) is 0 Å². The lowest BCUT2D eigenvalue weighted by Gasteiger charge is -2.22. The second-order valence-electron chi connectivity index (χ2n) is 4.89. The van der Waals surface area contributed by atoms with Crippen LogP contribution in [-0.4, -0.2) is 18.5 Å². The molecule has 4 heteroatoms. The Bertz CT molecular complexity index is 575. The van der Waals surface area contributed by atoms with Gasteiger partial charge in [-0.05, 0) is 18.4 Å². The van der Waals surface area contributed by atoms with Crippen molar-refractivity contribution in [3.8, 4) is 0 Å². The lowest BCUT2D eigenvalue weighted by molar-refractivity contribution is -0.116. The maximum atomic E-state index is 12.2. The maximum Gasteiger partial charge on any atom is 0.167 e. The fraction of sp³-hybridized carbons (Fsp3) is 0.333. The minimum Gasteiger partial charge on any atom is -0.401 e. The Morgan fingerprint density at radius 1 is 1.37 bits per heavy atom. The molecule has 1 aromatic carbocycles. The maximum absolute atomic E-state index is 12.2. The number of hydrogen-bond donors (Lipinski definition) is 1. The smallest absolute Gasteiger partial charge is 0.167 e. The standard InChI is InChI=1S/C15H17ClN2O/c1-9-7-12(17)14(13(19)8-9)15(18-2)10-5-3-4-6-11(10)16/h3-6,9H,7-8,17H2,1-2H3. The van der Waals surface area contributed by atoms with E-state index in [4.69, 9.17) is 17.3 Å². The van der Waals surface area contributed by atoms with E-state index < -0.39 is 0 Å². The molecule has 0 bridgehead atoms. The van der Waals surface area contributed by atoms with Crippen molar-refractivity contribution in [1.29, 1.82) is 0 Å². The number of rotatable bonds is 2. The van der Waals surface area contributed by atoms with Gasteiger partial charge >= 0.3 is 0 Å². The van der Waals surface area contributed by atoms with E-state index in [-0.39, 0.29) is 5.78 Å². The number of allylic oxidation sites excluding steroid dienone is 2. The first-order chi connectivity index (χ1) is 9.04. The molecule has 3 nitrogen and oxygen atoms in total. The monoisotopic (exact) mass is 276 g/mol. The van der Waals surface area contributed by atoms with E-state index in [2.05, 4.69) is 4.99 Å². The number of hydrogen-bond acceptors (Lipinski definition) is 3. The topological polar surface area (TPSA) is 55.4 Å². The molecule has 100 valence electrons. The number of halogens is 1. The number of aliphatic imine (C=N–C) groups is 1. The van der Waals surface area contributed by atoms with Crippen molar-refractivity contribution >= 4 is 23.1 Å². The number of Topliss-reactive ketones (excluding diaryl/α,β-unsaturated/α-hetero) is 1. The van der Waals surface area contributed by atoms with Crippen LogP contribution in [0, 0.1) is 5.92 Å². The highest BCUT2D eigenvalue weighted by atomic mass is 35.5. The highest BCUT2D eigenvalue weighted by Crippen LogP contribution is 2.28. The molecule has 0 fully saturated rings. The van der Waals surface area contributed by atoms with Gasteiger partial charge in [-0.3, -0.25) is 9.79 Å². The molecular formula is C15H17ClN2O. The molecule has 0 aromatic heterocycles. The number of carbonyl (C=O) groups is 1. The molecular weight excluding hydrogens is 260 g/mol. The van der Waals surface area contributed by atoms with Gasteiger partial charge in [-0.25, -0.2) is 0 Å². The predicted molar refractivity (Wildman–Crippen MR) is 78.5 cm³/mol. The van der Waals surface area contributed by atoms with Gasteiger partial charge in [0.05, 0.1) is 11.3 Å². The summed E-state index contributed by atoms with van der Waals surface area (Å²) >= 11 is 6.19. The molecule has 2 rings (SSSR count). The largest absolute Gasteiger partial charge is 0.401 e. The number of nitrogens with zero attached hydrogens (tertiary/aromatic N) is 1. The highest BCUT2D eigenvalue weighted by molar-refractivity contribution is 6.38. The summed E-state index contributed by atoms with van der Waals surface area (Å²) in [5, 5.41) is 0.579. The molecule has 1 aliphatic rings. The summed E-state index contributed by atoms with van der Waals surface area (Å²) in [6.07, 6.45) is 1.24. The summed E-state index contributed by atoms with van der Waals surface area (Å²) in [4.78, 5) is 16.5. The zero-order valence-corrected chi connectivity index (χ0v) is 11.9. The predicted octanol–water partition coefficient (Wildman–Crippen LogP) is 2.97. The number of carbonyl (C=O) groups excluding carboxylic acids is 1. The van der Waals surface area contributed by atoms with Crippen molar-refractivity contribution in [2.45, 2.75) is 19.8 Å². The second kappa shape index (κ2) is 5.57. The molecule has 0 spiro atoms. The van der Waals surface area contributed by atoms with Gasteiger partial charge in [0, 0.05) is 29.8 Å². The Kier molecular flexibility index (Phi) is 4.05. The Morgan fingerprint density at radius 3 is 2.63 bits per heavy atom. The summed E-state index contributed by atoms with van der Waals surface area (Å²) in [5.74, 6) is 0.345. The summed E-state index contributed by atoms with van der Waals surface area (Å²) < 4.78 is 0. The first-order valence-electron chi connectivity index (χ1n) is 6.28. The zero-order valence-electron chi connectivity index (χ0n) is 11.1. The Morgan fingerprint density at radius 2 is 2.05 bits per heavy atom. The molecule has 1 aliphatic carbocycles. The summed E-state index contributed by atoms with van der Waals surface area (Å²) in [6, 6.07) is 7.37. The van der Waals surface area contributed by atoms with E-state index in [1.807, 2.05) is 25.1 Å². The van der Waals surface area contributed by atoms with Crippen molar-refractivity contribution in [2.24, 2.45) is 16.6 Å². The second-order valence-corrected chi connectivity index (χ2v) is 5.30. The molecule has 1 atom stereocenters. The molecule has 0 saturated carbocycles. The minimum atomic E-state index is 0.0526. The fourth-order valence-corrected chi connectivity index (χ4v) is 2.68. The van der Waals surface area contributed by atoms with E-state index in [0.717, 1.165) is 12.0 Å². The summed E-state index contributed by atoms with van der Waals surface area (Å²) in [5.41, 5.74) is 8.56. The van der Waals surface area contributed by atoms with Crippen LogP contribution in [0.2, 0.25) is 5.02 Å². The van der Waals surface area contributed by atoms with Gasteiger partial charge < -0.3 is 5.73 Å². The van der Waals surface area contributed by atoms with Crippen LogP contribution >= 0.6 is 11.6 Å². The normalized spacial score (nSPS) is 20.9. The lowest BCUT2D eigenvalue weighted by Crippen LogP contribution is -2.27. The minimum absolute atomic E-state index is 0.0526. The van der Waals surface area contributed by atoms with Crippen LogP contribution in [0.25, 0.3) is 0 Å². The molecule has 0 aliphatic heterocycles. The third-order valence-electron chi connectivity index (χ3n) is 3.29. The van der Waals surface area contributed by atoms with Crippen molar-refractivity contribution < 1.29 is 4.79 Å². The van der Waals surface area contributed by atoms with Crippen LogP contribution in [0.4, 0.5) is 0 Å². The first-order valence-corrected chi connectivity index (χ1v) is 6.66. The molecule has 2 N–H and O–H groups in total. The molecule has 0 radical (unpaired) electrons. The number of nitrogens with two attached hydrogens (primary N) is 1. The summed E-state index contributed by atoms with van der Waals surface area (Å²) in [7, 11) is 1.66. The Balaban J connectivity index is 2.53. The molecule has 19 heavy (non-hydrogen) atoms. The quantitative estimate of drug-likeness (QED) is 0.845. The van der Waals surface area contributed by atoms with Gasteiger partial charge in [0.2, 0.25) is 0 Å². The van der Waals surface area contributed by atoms with Crippen LogP contribution in [-0.2, 0) is 4.79 Å². The SMILES string of the molecule is CN=C(C1=C(N)CC(C)CC1=O)c1ccccc1Cl. The number of ketones is 1. The van der Waals surface area contributed by atoms with Crippen LogP contribution < -0.4 is 5.73 Å². The third kappa shape index (κ3) is 2.71. The fourth-order valence-electron chi connectivity index (χ4n) is 2.45. The first kappa shape index (κ1) is 13.8. The van der Waals surface area contributed by atoms with Crippen molar-refractivity contribution in [3.63, 3.8) is 0 Å². The molecule has 1 aromatic rings. The van der Waals surface area contributed by atoms with Crippen LogP contribution in [0.5, 0.6) is 0 Å². The van der Waals surface area contributed by atoms with Gasteiger partial charge in [0.15, 0.2) is 5.78 Å². The van der Waals surface area contributed by atoms with Gasteiger partial charge in [0.1, 0.15) is 0 Å². The van der Waals surface area contributed by atoms with Crippen LogP contribution in [0.1, 0.15) is 25.3 Å². The third-order valence-corrected chi connectivity index (χ3v) is 3.62. The number of benzene rings is 1. The van der Waals surface area contributed by atoms with Gasteiger partial charge in [-0.1, -0.05) is 36.7 Å². The Hall–Kier alpha value is -1.61. The molecule has 1 unspecified atom stereocenters. The van der Waals surface area contributed by atoms with Crippen LogP contribution in [0.15, 0.2) is 40.5 Å². The van der Waals surface area contributed by atoms with E-state index >= 15 is 0 Å².